The number of benzene rings is 1. The predicted molar refractivity (Wildman–Crippen MR) is 114 cm³/mol. The van der Waals surface area contributed by atoms with Gasteiger partial charge in [0.15, 0.2) is 0 Å². The van der Waals surface area contributed by atoms with Crippen molar-refractivity contribution >= 4 is 5.71 Å². The fourth-order valence-corrected chi connectivity index (χ4v) is 6.65. The van der Waals surface area contributed by atoms with E-state index in [9.17, 15) is 0 Å². The Hall–Kier alpha value is -1.77. The predicted octanol–water partition coefficient (Wildman–Crippen LogP) is 6.39. The van der Waals surface area contributed by atoms with Crippen molar-refractivity contribution in [2.24, 2.45) is 33.7 Å². The Labute approximate surface area is 170 Å². The topological polar surface area (TPSA) is 30.8 Å². The summed E-state index contributed by atoms with van der Waals surface area (Å²) in [4.78, 5) is 5.66. The van der Waals surface area contributed by atoms with E-state index in [1.54, 1.807) is 12.7 Å². The molecule has 4 bridgehead atoms. The summed E-state index contributed by atoms with van der Waals surface area (Å²) in [5.74, 6) is 3.31. The Morgan fingerprint density at radius 1 is 1.14 bits per heavy atom. The van der Waals surface area contributed by atoms with Crippen LogP contribution in [-0.2, 0) is 11.4 Å². The third-order valence-corrected chi connectivity index (χ3v) is 7.92. The Kier molecular flexibility index (Phi) is 5.05. The Morgan fingerprint density at radius 2 is 1.89 bits per heavy atom. The van der Waals surface area contributed by atoms with Crippen LogP contribution in [0.25, 0.3) is 0 Å². The van der Waals surface area contributed by atoms with Crippen LogP contribution in [-0.4, -0.2) is 12.8 Å². The monoisotopic (exact) mass is 381 g/mol. The molecular weight excluding hydrogens is 346 g/mol. The molecule has 1 aromatic rings. The number of hydrogen-bond donors (Lipinski definition) is 0. The molecule has 0 heterocycles. The molecule has 4 atom stereocenters. The van der Waals surface area contributed by atoms with Crippen molar-refractivity contribution in [3.05, 3.63) is 41.5 Å². The summed E-state index contributed by atoms with van der Waals surface area (Å²) in [5.41, 5.74) is 4.60. The van der Waals surface area contributed by atoms with Gasteiger partial charge in [0, 0.05) is 0 Å². The smallest absolute Gasteiger partial charge is 0.142 e. The first-order valence-electron chi connectivity index (χ1n) is 10.9. The van der Waals surface area contributed by atoms with E-state index in [2.05, 4.69) is 38.9 Å². The van der Waals surface area contributed by atoms with Gasteiger partial charge in [-0.05, 0) is 85.0 Å². The van der Waals surface area contributed by atoms with E-state index in [1.165, 1.54) is 32.1 Å². The standard InChI is InChI=1S/C25H35NO2/c1-17(26-28-16-18-7-9-19(27-5)10-8-18)15-22-20-11-12-21-23(20)24(2,3)13-6-14-25(21,22)4/h7-10,15,20-21,23H,6,11-14,16H2,1-5H3/b22-15-,26-17+/t20-,21-,23-,25+/m1/s1. The van der Waals surface area contributed by atoms with E-state index in [0.29, 0.717) is 17.4 Å². The Bertz CT molecular complexity index is 776. The average molecular weight is 382 g/mol. The maximum atomic E-state index is 5.66. The molecule has 0 N–H and O–H groups in total. The second kappa shape index (κ2) is 7.24. The third-order valence-electron chi connectivity index (χ3n) is 7.92. The summed E-state index contributed by atoms with van der Waals surface area (Å²) in [5, 5.41) is 4.42. The van der Waals surface area contributed by atoms with Gasteiger partial charge in [0.1, 0.15) is 12.4 Å². The molecule has 3 nitrogen and oxygen atoms in total. The van der Waals surface area contributed by atoms with Crippen molar-refractivity contribution < 1.29 is 9.57 Å². The van der Waals surface area contributed by atoms with Crippen molar-refractivity contribution in [2.45, 2.75) is 66.4 Å². The number of oxime groups is 1. The van der Waals surface area contributed by atoms with Gasteiger partial charge < -0.3 is 9.57 Å². The molecule has 0 spiro atoms. The summed E-state index contributed by atoms with van der Waals surface area (Å²) in [7, 11) is 1.68. The molecule has 152 valence electrons. The lowest BCUT2D eigenvalue weighted by molar-refractivity contribution is 0.130. The number of ether oxygens (including phenoxy) is 1. The van der Waals surface area contributed by atoms with Crippen molar-refractivity contribution in [1.29, 1.82) is 0 Å². The van der Waals surface area contributed by atoms with E-state index in [4.69, 9.17) is 9.57 Å². The van der Waals surface area contributed by atoms with Crippen LogP contribution < -0.4 is 4.74 Å². The minimum absolute atomic E-state index is 0.369. The molecule has 3 aliphatic rings. The molecule has 0 aliphatic heterocycles. The highest BCUT2D eigenvalue weighted by Crippen LogP contribution is 2.70. The van der Waals surface area contributed by atoms with Crippen LogP contribution in [0.1, 0.15) is 65.4 Å². The van der Waals surface area contributed by atoms with Gasteiger partial charge in [-0.15, -0.1) is 0 Å². The van der Waals surface area contributed by atoms with E-state index >= 15 is 0 Å². The van der Waals surface area contributed by atoms with Crippen LogP contribution >= 0.6 is 0 Å². The molecule has 3 heteroatoms. The maximum Gasteiger partial charge on any atom is 0.142 e. The molecule has 28 heavy (non-hydrogen) atoms. The quantitative estimate of drug-likeness (QED) is 0.437. The molecule has 3 saturated carbocycles. The van der Waals surface area contributed by atoms with Crippen molar-refractivity contribution in [3.63, 3.8) is 0 Å². The highest BCUT2D eigenvalue weighted by atomic mass is 16.6. The van der Waals surface area contributed by atoms with Gasteiger partial charge in [-0.1, -0.05) is 50.1 Å². The number of nitrogens with zero attached hydrogens (tertiary/aromatic N) is 1. The molecule has 0 saturated heterocycles. The normalized spacial score (nSPS) is 35.1. The first-order valence-corrected chi connectivity index (χ1v) is 10.9. The maximum absolute atomic E-state index is 5.66. The van der Waals surface area contributed by atoms with Crippen LogP contribution in [0.15, 0.2) is 41.1 Å². The summed E-state index contributed by atoms with van der Waals surface area (Å²) in [6.45, 7) is 10.1. The molecule has 1 aromatic carbocycles. The fraction of sp³-hybridized carbons (Fsp3) is 0.640. The Balaban J connectivity index is 1.49. The summed E-state index contributed by atoms with van der Waals surface area (Å²) >= 11 is 0. The molecule has 0 aromatic heterocycles. The van der Waals surface area contributed by atoms with Crippen molar-refractivity contribution in [2.75, 3.05) is 7.11 Å². The van der Waals surface area contributed by atoms with Gasteiger partial charge in [-0.25, -0.2) is 0 Å². The second-order valence-corrected chi connectivity index (χ2v) is 10.0. The molecule has 3 fully saturated rings. The fourth-order valence-electron chi connectivity index (χ4n) is 6.65. The third kappa shape index (κ3) is 3.27. The van der Waals surface area contributed by atoms with E-state index < -0.39 is 0 Å². The molecule has 4 rings (SSSR count). The lowest BCUT2D eigenvalue weighted by Gasteiger charge is -2.36. The van der Waals surface area contributed by atoms with Crippen LogP contribution in [0.5, 0.6) is 5.75 Å². The van der Waals surface area contributed by atoms with Gasteiger partial charge in [0.25, 0.3) is 0 Å². The van der Waals surface area contributed by atoms with Crippen molar-refractivity contribution in [3.8, 4) is 5.75 Å². The minimum Gasteiger partial charge on any atom is -0.497 e. The van der Waals surface area contributed by atoms with Crippen molar-refractivity contribution in [1.82, 2.24) is 0 Å². The molecular formula is C25H35NO2. The SMILES string of the molecule is COc1ccc(CO/N=C(C)/C=C2/[C@H]3CC[C@@H]4[C@@H]3C(C)(C)CCC[C@]24C)cc1. The van der Waals surface area contributed by atoms with Crippen LogP contribution in [0.3, 0.4) is 0 Å². The van der Waals surface area contributed by atoms with Crippen LogP contribution in [0.2, 0.25) is 0 Å². The lowest BCUT2D eigenvalue weighted by atomic mass is 9.68. The lowest BCUT2D eigenvalue weighted by Crippen LogP contribution is -2.28. The molecule has 0 radical (unpaired) electrons. The summed E-state index contributed by atoms with van der Waals surface area (Å²) in [6.07, 6.45) is 9.21. The minimum atomic E-state index is 0.369. The molecule has 3 aliphatic carbocycles. The molecule has 0 amide bonds. The first-order chi connectivity index (χ1) is 13.3. The van der Waals surface area contributed by atoms with E-state index in [1.807, 2.05) is 24.3 Å². The first kappa shape index (κ1) is 19.5. The van der Waals surface area contributed by atoms with Gasteiger partial charge in [0.05, 0.1) is 12.8 Å². The zero-order chi connectivity index (χ0) is 19.9. The highest BCUT2D eigenvalue weighted by Gasteiger charge is 2.62. The number of allylic oxidation sites excluding steroid dienone is 2. The number of rotatable bonds is 5. The van der Waals surface area contributed by atoms with Gasteiger partial charge in [0.2, 0.25) is 0 Å². The zero-order valence-electron chi connectivity index (χ0n) is 18.1. The van der Waals surface area contributed by atoms with Gasteiger partial charge >= 0.3 is 0 Å². The van der Waals surface area contributed by atoms with E-state index in [0.717, 1.165) is 34.8 Å². The van der Waals surface area contributed by atoms with Gasteiger partial charge in [-0.3, -0.25) is 0 Å². The van der Waals surface area contributed by atoms with E-state index in [-0.39, 0.29) is 0 Å². The van der Waals surface area contributed by atoms with Crippen LogP contribution in [0.4, 0.5) is 0 Å². The largest absolute Gasteiger partial charge is 0.497 e. The Morgan fingerprint density at radius 3 is 2.61 bits per heavy atom. The second-order valence-electron chi connectivity index (χ2n) is 10.0. The number of methoxy groups -OCH3 is 1. The summed E-state index contributed by atoms with van der Waals surface area (Å²) in [6, 6.07) is 7.96. The zero-order valence-corrected chi connectivity index (χ0v) is 18.1. The van der Waals surface area contributed by atoms with Crippen LogP contribution in [0, 0.1) is 28.6 Å². The van der Waals surface area contributed by atoms with Gasteiger partial charge in [-0.2, -0.15) is 0 Å². The highest BCUT2D eigenvalue weighted by molar-refractivity contribution is 5.93. The summed E-state index contributed by atoms with van der Waals surface area (Å²) < 4.78 is 5.20. The average Bonchev–Trinajstić information content (AvgIpc) is 3.17. The number of hydrogen-bond acceptors (Lipinski definition) is 3. The molecule has 0 unspecified atom stereocenters.